The van der Waals surface area contributed by atoms with Crippen LogP contribution < -0.4 is 0 Å². The molecule has 1 rings (SSSR count). The smallest absolute Gasteiger partial charge is 0.307 e. The topological polar surface area (TPSA) is 48.0 Å². The van der Waals surface area contributed by atoms with Gasteiger partial charge in [0.2, 0.25) is 0 Å². The number of hydrogen-bond donors (Lipinski definition) is 0. The van der Waals surface area contributed by atoms with Gasteiger partial charge in [-0.05, 0) is 38.6 Å². The molecule has 0 heterocycles. The molecule has 0 aromatic heterocycles. The Hall–Kier alpha value is -1.50. The molecule has 0 saturated carbocycles. The second-order valence-electron chi connectivity index (χ2n) is 5.26. The number of esters is 1. The third kappa shape index (κ3) is 8.06. The number of likely N-dealkylation sites (N-methyl/N-ethyl adjacent to an activating group) is 1. The maximum atomic E-state index is 13.1. The molecule has 5 nitrogen and oxygen atoms in total. The highest BCUT2D eigenvalue weighted by molar-refractivity contribution is 5.69. The van der Waals surface area contributed by atoms with Crippen LogP contribution in [0.25, 0.3) is 0 Å². The second-order valence-corrected chi connectivity index (χ2v) is 5.26. The lowest BCUT2D eigenvalue weighted by Crippen LogP contribution is -2.29. The van der Waals surface area contributed by atoms with Gasteiger partial charge in [0.15, 0.2) is 0 Å². The summed E-state index contributed by atoms with van der Waals surface area (Å²) in [5.41, 5.74) is 0.967. The zero-order valence-corrected chi connectivity index (χ0v) is 14.1. The number of rotatable bonds is 11. The highest BCUT2D eigenvalue weighted by atomic mass is 19.1. The second kappa shape index (κ2) is 11.1. The number of carbonyl (C=O) groups excluding carboxylic acids is 1. The van der Waals surface area contributed by atoms with Crippen LogP contribution in [0.2, 0.25) is 0 Å². The van der Waals surface area contributed by atoms with E-state index in [1.165, 1.54) is 12.1 Å². The maximum absolute atomic E-state index is 13.1. The van der Waals surface area contributed by atoms with Gasteiger partial charge in [0, 0.05) is 19.0 Å². The largest absolute Gasteiger partial charge is 0.466 e. The van der Waals surface area contributed by atoms with Crippen molar-refractivity contribution in [1.29, 1.82) is 0 Å². The van der Waals surface area contributed by atoms with E-state index >= 15 is 0 Å². The third-order valence-corrected chi connectivity index (χ3v) is 3.35. The van der Waals surface area contributed by atoms with Gasteiger partial charge in [0.05, 0.1) is 26.2 Å². The molecule has 23 heavy (non-hydrogen) atoms. The molecule has 130 valence electrons. The number of halogens is 1. The molecule has 0 bridgehead atoms. The Labute approximate surface area is 137 Å². The van der Waals surface area contributed by atoms with Gasteiger partial charge in [0.1, 0.15) is 5.82 Å². The van der Waals surface area contributed by atoms with E-state index in [0.29, 0.717) is 39.3 Å². The first-order valence-electron chi connectivity index (χ1n) is 7.90. The van der Waals surface area contributed by atoms with Gasteiger partial charge < -0.3 is 9.64 Å². The van der Waals surface area contributed by atoms with Gasteiger partial charge in [0.25, 0.3) is 0 Å². The quantitative estimate of drug-likeness (QED) is 0.271. The van der Waals surface area contributed by atoms with E-state index in [2.05, 4.69) is 0 Å². The lowest BCUT2D eigenvalue weighted by molar-refractivity contribution is -0.294. The molecular weight excluding hydrogens is 301 g/mol. The zero-order valence-electron chi connectivity index (χ0n) is 14.1. The average Bonchev–Trinajstić information content (AvgIpc) is 2.53. The van der Waals surface area contributed by atoms with Crippen molar-refractivity contribution in [2.45, 2.75) is 26.2 Å². The Morgan fingerprint density at radius 3 is 2.48 bits per heavy atom. The van der Waals surface area contributed by atoms with E-state index in [-0.39, 0.29) is 17.7 Å². The summed E-state index contributed by atoms with van der Waals surface area (Å²) in [4.78, 5) is 23.6. The van der Waals surface area contributed by atoms with Crippen LogP contribution in [-0.4, -0.2) is 50.8 Å². The molecule has 1 atom stereocenters. The van der Waals surface area contributed by atoms with Crippen LogP contribution >= 0.6 is 0 Å². The summed E-state index contributed by atoms with van der Waals surface area (Å²) in [5, 5.41) is 0. The minimum Gasteiger partial charge on any atom is -0.466 e. The molecule has 1 aromatic carbocycles. The number of hydrogen-bond acceptors (Lipinski definition) is 5. The lowest BCUT2D eigenvalue weighted by atomic mass is 9.99. The van der Waals surface area contributed by atoms with Crippen molar-refractivity contribution in [2.75, 3.05) is 40.0 Å². The summed E-state index contributed by atoms with van der Waals surface area (Å²) in [6, 6.07) is 6.35. The number of benzene rings is 1. The van der Waals surface area contributed by atoms with Crippen LogP contribution in [0.15, 0.2) is 24.3 Å². The van der Waals surface area contributed by atoms with Gasteiger partial charge in [-0.15, -0.1) is 0 Å². The third-order valence-electron chi connectivity index (χ3n) is 3.35. The van der Waals surface area contributed by atoms with Crippen molar-refractivity contribution in [1.82, 2.24) is 4.90 Å². The van der Waals surface area contributed by atoms with Crippen molar-refractivity contribution < 1.29 is 23.7 Å². The van der Waals surface area contributed by atoms with Crippen molar-refractivity contribution in [3.05, 3.63) is 35.6 Å². The Balaban J connectivity index is 2.57. The SMILES string of the molecule is CCOOCC(CN(C)CCC(=O)OCC)c1ccc(F)cc1. The van der Waals surface area contributed by atoms with E-state index < -0.39 is 0 Å². The first-order valence-corrected chi connectivity index (χ1v) is 7.90. The molecule has 1 aromatic rings. The average molecular weight is 327 g/mol. The van der Waals surface area contributed by atoms with Gasteiger partial charge >= 0.3 is 5.97 Å². The highest BCUT2D eigenvalue weighted by Gasteiger charge is 2.16. The first-order chi connectivity index (χ1) is 11.1. The van der Waals surface area contributed by atoms with Gasteiger partial charge in [-0.3, -0.25) is 4.79 Å². The summed E-state index contributed by atoms with van der Waals surface area (Å²) < 4.78 is 18.0. The minimum atomic E-state index is -0.270. The molecular formula is C17H26FNO4. The van der Waals surface area contributed by atoms with Crippen LogP contribution in [0, 0.1) is 5.82 Å². The van der Waals surface area contributed by atoms with Crippen LogP contribution in [0.3, 0.4) is 0 Å². The lowest BCUT2D eigenvalue weighted by Gasteiger charge is -2.23. The van der Waals surface area contributed by atoms with Crippen LogP contribution in [-0.2, 0) is 19.3 Å². The van der Waals surface area contributed by atoms with E-state index in [1.54, 1.807) is 19.1 Å². The van der Waals surface area contributed by atoms with Crippen molar-refractivity contribution in [3.63, 3.8) is 0 Å². The van der Waals surface area contributed by atoms with Crippen LogP contribution in [0.5, 0.6) is 0 Å². The normalized spacial score (nSPS) is 12.4. The number of carbonyl (C=O) groups is 1. The summed E-state index contributed by atoms with van der Waals surface area (Å²) >= 11 is 0. The van der Waals surface area contributed by atoms with Gasteiger partial charge in [-0.1, -0.05) is 12.1 Å². The molecule has 6 heteroatoms. The fourth-order valence-corrected chi connectivity index (χ4v) is 2.19. The Morgan fingerprint density at radius 1 is 1.17 bits per heavy atom. The van der Waals surface area contributed by atoms with E-state index in [4.69, 9.17) is 14.5 Å². The fourth-order valence-electron chi connectivity index (χ4n) is 2.19. The molecule has 0 spiro atoms. The Kier molecular flexibility index (Phi) is 9.43. The first kappa shape index (κ1) is 19.5. The summed E-state index contributed by atoms with van der Waals surface area (Å²) in [5.74, 6) is -0.452. The van der Waals surface area contributed by atoms with Crippen LogP contribution in [0.1, 0.15) is 31.7 Å². The van der Waals surface area contributed by atoms with E-state index in [9.17, 15) is 9.18 Å². The zero-order chi connectivity index (χ0) is 17.1. The Bertz CT molecular complexity index is 452. The molecule has 0 radical (unpaired) electrons. The van der Waals surface area contributed by atoms with Gasteiger partial charge in [-0.2, -0.15) is 0 Å². The molecule has 0 N–H and O–H groups in total. The maximum Gasteiger partial charge on any atom is 0.307 e. The van der Waals surface area contributed by atoms with Gasteiger partial charge in [-0.25, -0.2) is 14.2 Å². The summed E-state index contributed by atoms with van der Waals surface area (Å²) in [6.07, 6.45) is 0.340. The number of nitrogens with zero attached hydrogens (tertiary/aromatic N) is 1. The highest BCUT2D eigenvalue weighted by Crippen LogP contribution is 2.18. The molecule has 1 unspecified atom stereocenters. The van der Waals surface area contributed by atoms with E-state index in [1.807, 2.05) is 18.9 Å². The fraction of sp³-hybridized carbons (Fsp3) is 0.588. The van der Waals surface area contributed by atoms with Crippen molar-refractivity contribution in [2.24, 2.45) is 0 Å². The molecule has 0 fully saturated rings. The minimum absolute atomic E-state index is 0.0225. The standard InChI is InChI=1S/C17H26FNO4/c1-4-21-17(20)10-11-19(3)12-15(13-23-22-5-2)14-6-8-16(18)9-7-14/h6-9,15H,4-5,10-13H2,1-3H3. The molecule has 0 amide bonds. The summed E-state index contributed by atoms with van der Waals surface area (Å²) in [7, 11) is 1.93. The molecule has 0 saturated heterocycles. The molecule has 0 aliphatic carbocycles. The van der Waals surface area contributed by atoms with Crippen LogP contribution in [0.4, 0.5) is 4.39 Å². The van der Waals surface area contributed by atoms with Crippen molar-refractivity contribution >= 4 is 5.97 Å². The molecule has 0 aliphatic heterocycles. The predicted octanol–water partition coefficient (Wildman–Crippen LogP) is 2.76. The molecule has 0 aliphatic rings. The Morgan fingerprint density at radius 2 is 1.87 bits per heavy atom. The summed E-state index contributed by atoms with van der Waals surface area (Å²) in [6.45, 7) is 6.11. The van der Waals surface area contributed by atoms with Crippen molar-refractivity contribution in [3.8, 4) is 0 Å². The monoisotopic (exact) mass is 327 g/mol. The predicted molar refractivity (Wildman–Crippen MR) is 85.5 cm³/mol. The van der Waals surface area contributed by atoms with E-state index in [0.717, 1.165) is 5.56 Å². The number of ether oxygens (including phenoxy) is 1.